The number of rotatable bonds is 8. The second-order valence-electron chi connectivity index (χ2n) is 6.92. The maximum Gasteiger partial charge on any atom is 0.330 e. The zero-order chi connectivity index (χ0) is 23.3. The van der Waals surface area contributed by atoms with Gasteiger partial charge in [0.1, 0.15) is 5.82 Å². The molecule has 0 fully saturated rings. The molecule has 0 radical (unpaired) electrons. The Balaban J connectivity index is 2.02. The first-order chi connectivity index (χ1) is 15.3. The third-order valence-corrected chi connectivity index (χ3v) is 5.41. The molecule has 3 rings (SSSR count). The fourth-order valence-corrected chi connectivity index (χ4v) is 3.73. The summed E-state index contributed by atoms with van der Waals surface area (Å²) >= 11 is 0.372. The van der Waals surface area contributed by atoms with Crippen LogP contribution >= 0.6 is 11.8 Å². The molecule has 0 aliphatic heterocycles. The van der Waals surface area contributed by atoms with Gasteiger partial charge >= 0.3 is 5.69 Å². The molecule has 0 aliphatic carbocycles. The number of anilines is 2. The fourth-order valence-electron chi connectivity index (χ4n) is 3.23. The number of nitrogens with one attached hydrogen (secondary N) is 1. The Bertz CT molecular complexity index is 1190. The third-order valence-electron chi connectivity index (χ3n) is 4.69. The molecule has 32 heavy (non-hydrogen) atoms. The number of hydrogen-bond acceptors (Lipinski definition) is 5. The molecule has 0 bridgehead atoms. The quantitative estimate of drug-likeness (QED) is 0.501. The topological polar surface area (TPSA) is 101 Å². The number of aromatic nitrogens is 2. The molecule has 0 atom stereocenters. The van der Waals surface area contributed by atoms with Crippen molar-refractivity contribution >= 4 is 29.2 Å². The van der Waals surface area contributed by atoms with E-state index in [2.05, 4.69) is 4.98 Å². The highest BCUT2D eigenvalue weighted by atomic mass is 32.2. The van der Waals surface area contributed by atoms with E-state index in [1.54, 1.807) is 0 Å². The van der Waals surface area contributed by atoms with Crippen molar-refractivity contribution in [2.45, 2.75) is 30.5 Å². The number of aromatic amines is 1. The van der Waals surface area contributed by atoms with E-state index in [0.29, 0.717) is 23.1 Å². The molecule has 0 spiro atoms. The number of benzene rings is 2. The summed E-state index contributed by atoms with van der Waals surface area (Å²) in [7, 11) is 0. The highest BCUT2D eigenvalue weighted by molar-refractivity contribution is 7.99. The molecule has 1 amide bonds. The van der Waals surface area contributed by atoms with Gasteiger partial charge in [0.05, 0.1) is 6.54 Å². The molecule has 168 valence electrons. The van der Waals surface area contributed by atoms with E-state index in [0.717, 1.165) is 5.56 Å². The van der Waals surface area contributed by atoms with E-state index < -0.39 is 22.9 Å². The smallest absolute Gasteiger partial charge is 0.330 e. The first-order valence-corrected chi connectivity index (χ1v) is 10.7. The van der Waals surface area contributed by atoms with E-state index in [-0.39, 0.29) is 30.2 Å². The van der Waals surface area contributed by atoms with Crippen LogP contribution in [0.2, 0.25) is 0 Å². The minimum absolute atomic E-state index is 0.114. The van der Waals surface area contributed by atoms with Crippen LogP contribution in [0.5, 0.6) is 0 Å². The minimum atomic E-state index is -2.57. The van der Waals surface area contributed by atoms with Gasteiger partial charge in [0, 0.05) is 17.0 Å². The number of nitrogens with two attached hydrogens (primary N) is 1. The molecular weight excluding hydrogens is 438 g/mol. The van der Waals surface area contributed by atoms with Gasteiger partial charge in [-0.25, -0.2) is 4.79 Å². The Morgan fingerprint density at radius 3 is 2.38 bits per heavy atom. The van der Waals surface area contributed by atoms with Gasteiger partial charge in [-0.1, -0.05) is 49.0 Å². The highest BCUT2D eigenvalue weighted by Gasteiger charge is 2.25. The van der Waals surface area contributed by atoms with Gasteiger partial charge in [-0.2, -0.15) is 8.78 Å². The van der Waals surface area contributed by atoms with Crippen LogP contribution in [0.4, 0.5) is 20.3 Å². The second kappa shape index (κ2) is 10.3. The standard InChI is InChI=1S/C22H22F2N4O3S/c1-2-12-27(20(30)15-8-10-16(11-9-15)32-21(23)24)17-18(25)28(22(31)26-19(17)29)13-14-6-4-3-5-7-14/h3-11,21H,2,12-13,25H2,1H3,(H,26,29,31). The SMILES string of the molecule is CCCN(C(=O)c1ccc(SC(F)F)cc1)c1c(N)n(Cc2ccccc2)c(=O)[nH]c1=O. The lowest BCUT2D eigenvalue weighted by molar-refractivity contribution is 0.0986. The number of alkyl halides is 2. The zero-order valence-corrected chi connectivity index (χ0v) is 18.1. The fraction of sp³-hybridized carbons (Fsp3) is 0.227. The summed E-state index contributed by atoms with van der Waals surface area (Å²) in [5, 5.41) is 0. The van der Waals surface area contributed by atoms with Crippen molar-refractivity contribution in [3.05, 3.63) is 86.6 Å². The summed E-state index contributed by atoms with van der Waals surface area (Å²) in [6, 6.07) is 14.7. The lowest BCUT2D eigenvalue weighted by Gasteiger charge is -2.24. The summed E-state index contributed by atoms with van der Waals surface area (Å²) in [4.78, 5) is 42.1. The Kier molecular flexibility index (Phi) is 7.47. The largest absolute Gasteiger partial charge is 0.383 e. The third kappa shape index (κ3) is 5.25. The first kappa shape index (κ1) is 23.3. The molecule has 1 aromatic heterocycles. The maximum absolute atomic E-state index is 13.2. The van der Waals surface area contributed by atoms with Crippen molar-refractivity contribution in [2.75, 3.05) is 17.2 Å². The van der Waals surface area contributed by atoms with Crippen molar-refractivity contribution in [2.24, 2.45) is 0 Å². The molecule has 7 nitrogen and oxygen atoms in total. The zero-order valence-electron chi connectivity index (χ0n) is 17.3. The average molecular weight is 461 g/mol. The minimum Gasteiger partial charge on any atom is -0.383 e. The maximum atomic E-state index is 13.2. The summed E-state index contributed by atoms with van der Waals surface area (Å²) in [6.45, 7) is 2.11. The number of hydrogen-bond donors (Lipinski definition) is 2. The summed E-state index contributed by atoms with van der Waals surface area (Å²) in [6.07, 6.45) is 0.516. The Morgan fingerprint density at radius 2 is 1.78 bits per heavy atom. The molecular formula is C22H22F2N4O3S. The van der Waals surface area contributed by atoms with Crippen LogP contribution in [0, 0.1) is 0 Å². The predicted octanol–water partition coefficient (Wildman–Crippen LogP) is 3.54. The Labute approximate surface area is 186 Å². The van der Waals surface area contributed by atoms with Gasteiger partial charge in [0.25, 0.3) is 17.2 Å². The van der Waals surface area contributed by atoms with Crippen molar-refractivity contribution in [1.82, 2.24) is 9.55 Å². The molecule has 0 saturated carbocycles. The highest BCUT2D eigenvalue weighted by Crippen LogP contribution is 2.26. The lowest BCUT2D eigenvalue weighted by Crippen LogP contribution is -2.41. The molecule has 1 heterocycles. The normalized spacial score (nSPS) is 11.0. The van der Waals surface area contributed by atoms with Crippen molar-refractivity contribution in [1.29, 1.82) is 0 Å². The number of carbonyl (C=O) groups excluding carboxylic acids is 1. The number of halogens is 2. The van der Waals surface area contributed by atoms with Crippen molar-refractivity contribution in [3.63, 3.8) is 0 Å². The first-order valence-electron chi connectivity index (χ1n) is 9.85. The number of nitrogens with zero attached hydrogens (tertiary/aromatic N) is 2. The van der Waals surface area contributed by atoms with E-state index in [9.17, 15) is 23.2 Å². The van der Waals surface area contributed by atoms with E-state index in [4.69, 9.17) is 5.73 Å². The van der Waals surface area contributed by atoms with Crippen LogP contribution in [0.3, 0.4) is 0 Å². The Morgan fingerprint density at radius 1 is 1.12 bits per heavy atom. The van der Waals surface area contributed by atoms with Gasteiger partial charge in [-0.05, 0) is 36.2 Å². The molecule has 3 N–H and O–H groups in total. The number of H-pyrrole nitrogens is 1. The molecule has 3 aromatic rings. The van der Waals surface area contributed by atoms with Crippen LogP contribution in [-0.4, -0.2) is 27.8 Å². The Hall–Kier alpha value is -3.40. The number of thioether (sulfide) groups is 1. The van der Waals surface area contributed by atoms with Gasteiger partial charge in [-0.3, -0.25) is 19.1 Å². The summed E-state index contributed by atoms with van der Waals surface area (Å²) in [5.41, 5.74) is 5.63. The van der Waals surface area contributed by atoms with E-state index in [1.807, 2.05) is 37.3 Å². The van der Waals surface area contributed by atoms with E-state index >= 15 is 0 Å². The lowest BCUT2D eigenvalue weighted by atomic mass is 10.1. The van der Waals surface area contributed by atoms with Gasteiger partial charge in [-0.15, -0.1) is 0 Å². The second-order valence-corrected chi connectivity index (χ2v) is 7.99. The van der Waals surface area contributed by atoms with Crippen LogP contribution in [-0.2, 0) is 6.54 Å². The summed E-state index contributed by atoms with van der Waals surface area (Å²) in [5.74, 6) is -3.23. The van der Waals surface area contributed by atoms with Gasteiger partial charge in [0.2, 0.25) is 0 Å². The van der Waals surface area contributed by atoms with Crippen molar-refractivity contribution in [3.8, 4) is 0 Å². The number of carbonyl (C=O) groups is 1. The van der Waals surface area contributed by atoms with Crippen LogP contribution in [0.1, 0.15) is 29.3 Å². The molecule has 0 unspecified atom stereocenters. The van der Waals surface area contributed by atoms with E-state index in [1.165, 1.54) is 33.7 Å². The summed E-state index contributed by atoms with van der Waals surface area (Å²) < 4.78 is 26.3. The van der Waals surface area contributed by atoms with Crippen LogP contribution in [0.15, 0.2) is 69.1 Å². The number of nitrogen functional groups attached to an aromatic ring is 1. The van der Waals surface area contributed by atoms with Crippen LogP contribution < -0.4 is 21.9 Å². The molecule has 2 aromatic carbocycles. The molecule has 0 saturated heterocycles. The van der Waals surface area contributed by atoms with Gasteiger partial charge < -0.3 is 10.6 Å². The van der Waals surface area contributed by atoms with Crippen molar-refractivity contribution < 1.29 is 13.6 Å². The molecule has 10 heteroatoms. The molecule has 0 aliphatic rings. The predicted molar refractivity (Wildman–Crippen MR) is 122 cm³/mol. The van der Waals surface area contributed by atoms with Gasteiger partial charge in [0.15, 0.2) is 5.69 Å². The average Bonchev–Trinajstić information content (AvgIpc) is 2.76. The number of amides is 1. The van der Waals surface area contributed by atoms with Crippen LogP contribution in [0.25, 0.3) is 0 Å². The monoisotopic (exact) mass is 460 g/mol.